The standard InChI is InChI=1S/C16H19N3O/c1-11(5-7-14-4-3-9-20-14)17-13-6-8-15-16(10-13)19-12(2)18-15/h3-4,6,8-11,17H,5,7H2,1-2H3,(H,18,19). The third kappa shape index (κ3) is 2.85. The van der Waals surface area contributed by atoms with Gasteiger partial charge in [-0.05, 0) is 50.6 Å². The number of hydrogen-bond acceptors (Lipinski definition) is 3. The minimum atomic E-state index is 0.390. The largest absolute Gasteiger partial charge is 0.469 e. The van der Waals surface area contributed by atoms with Crippen molar-refractivity contribution in [3.63, 3.8) is 0 Å². The van der Waals surface area contributed by atoms with Gasteiger partial charge in [-0.1, -0.05) is 0 Å². The number of furan rings is 1. The summed E-state index contributed by atoms with van der Waals surface area (Å²) in [5, 5.41) is 3.52. The molecule has 0 spiro atoms. The lowest BCUT2D eigenvalue weighted by Gasteiger charge is -2.14. The van der Waals surface area contributed by atoms with E-state index in [1.807, 2.05) is 25.1 Å². The quantitative estimate of drug-likeness (QED) is 0.738. The van der Waals surface area contributed by atoms with Crippen LogP contribution in [0.15, 0.2) is 41.0 Å². The predicted molar refractivity (Wildman–Crippen MR) is 80.9 cm³/mol. The van der Waals surface area contributed by atoms with Crippen LogP contribution >= 0.6 is 0 Å². The monoisotopic (exact) mass is 269 g/mol. The lowest BCUT2D eigenvalue weighted by Crippen LogP contribution is -2.15. The van der Waals surface area contributed by atoms with Gasteiger partial charge in [0.05, 0.1) is 17.3 Å². The molecule has 2 N–H and O–H groups in total. The zero-order valence-electron chi connectivity index (χ0n) is 11.8. The summed E-state index contributed by atoms with van der Waals surface area (Å²) < 4.78 is 5.35. The zero-order valence-corrected chi connectivity index (χ0v) is 11.8. The van der Waals surface area contributed by atoms with Gasteiger partial charge in [-0.2, -0.15) is 0 Å². The molecule has 0 saturated heterocycles. The van der Waals surface area contributed by atoms with E-state index in [1.54, 1.807) is 6.26 Å². The Hall–Kier alpha value is -2.23. The Morgan fingerprint density at radius 3 is 3.05 bits per heavy atom. The Kier molecular flexibility index (Phi) is 3.46. The van der Waals surface area contributed by atoms with Crippen molar-refractivity contribution in [1.82, 2.24) is 9.97 Å². The molecule has 4 heteroatoms. The summed E-state index contributed by atoms with van der Waals surface area (Å²) in [7, 11) is 0. The number of aromatic nitrogens is 2. The molecule has 1 aromatic carbocycles. The number of rotatable bonds is 5. The SMILES string of the molecule is Cc1nc2ccc(NC(C)CCc3ccco3)cc2[nH]1. The minimum Gasteiger partial charge on any atom is -0.469 e. The van der Waals surface area contributed by atoms with Crippen LogP contribution in [-0.4, -0.2) is 16.0 Å². The summed E-state index contributed by atoms with van der Waals surface area (Å²) in [6.07, 6.45) is 3.71. The molecule has 0 fully saturated rings. The molecule has 3 aromatic rings. The Labute approximate surface area is 118 Å². The average molecular weight is 269 g/mol. The molecule has 0 aliphatic carbocycles. The van der Waals surface area contributed by atoms with Gasteiger partial charge in [0.15, 0.2) is 0 Å². The highest BCUT2D eigenvalue weighted by Gasteiger charge is 2.06. The van der Waals surface area contributed by atoms with Crippen molar-refractivity contribution in [2.45, 2.75) is 32.7 Å². The maximum Gasteiger partial charge on any atom is 0.104 e. The molecule has 3 rings (SSSR count). The van der Waals surface area contributed by atoms with Crippen LogP contribution in [0.4, 0.5) is 5.69 Å². The molecule has 0 bridgehead atoms. The molecule has 0 aliphatic heterocycles. The lowest BCUT2D eigenvalue weighted by molar-refractivity contribution is 0.495. The lowest BCUT2D eigenvalue weighted by atomic mass is 10.1. The predicted octanol–water partition coefficient (Wildman–Crippen LogP) is 3.90. The van der Waals surface area contributed by atoms with Crippen LogP contribution in [0, 0.1) is 6.92 Å². The number of H-pyrrole nitrogens is 1. The molecule has 4 nitrogen and oxygen atoms in total. The van der Waals surface area contributed by atoms with Crippen LogP contribution in [0.25, 0.3) is 11.0 Å². The normalized spacial score (nSPS) is 12.7. The first kappa shape index (κ1) is 12.8. The number of nitrogens with one attached hydrogen (secondary N) is 2. The van der Waals surface area contributed by atoms with Gasteiger partial charge in [-0.15, -0.1) is 0 Å². The number of aromatic amines is 1. The van der Waals surface area contributed by atoms with E-state index in [1.165, 1.54) is 0 Å². The highest BCUT2D eigenvalue weighted by Crippen LogP contribution is 2.18. The summed E-state index contributed by atoms with van der Waals surface area (Å²) in [4.78, 5) is 7.67. The second-order valence-electron chi connectivity index (χ2n) is 5.22. The van der Waals surface area contributed by atoms with Crippen molar-refractivity contribution in [1.29, 1.82) is 0 Å². The van der Waals surface area contributed by atoms with Gasteiger partial charge in [0.1, 0.15) is 11.6 Å². The fourth-order valence-corrected chi connectivity index (χ4v) is 2.40. The van der Waals surface area contributed by atoms with Crippen molar-refractivity contribution >= 4 is 16.7 Å². The van der Waals surface area contributed by atoms with E-state index < -0.39 is 0 Å². The summed E-state index contributed by atoms with van der Waals surface area (Å²) in [5.74, 6) is 1.99. The average Bonchev–Trinajstić information content (AvgIpc) is 3.04. The number of aryl methyl sites for hydroxylation is 2. The number of hydrogen-bond donors (Lipinski definition) is 2. The molecule has 0 saturated carbocycles. The first-order valence-electron chi connectivity index (χ1n) is 6.96. The smallest absolute Gasteiger partial charge is 0.104 e. The molecule has 2 aromatic heterocycles. The Bertz CT molecular complexity index is 685. The Morgan fingerprint density at radius 1 is 1.35 bits per heavy atom. The van der Waals surface area contributed by atoms with Crippen LogP contribution in [0.5, 0.6) is 0 Å². The van der Waals surface area contributed by atoms with Gasteiger partial charge in [0.25, 0.3) is 0 Å². The van der Waals surface area contributed by atoms with E-state index >= 15 is 0 Å². The maximum absolute atomic E-state index is 5.35. The highest BCUT2D eigenvalue weighted by molar-refractivity contribution is 5.79. The first-order chi connectivity index (χ1) is 9.70. The minimum absolute atomic E-state index is 0.390. The number of anilines is 1. The van der Waals surface area contributed by atoms with E-state index in [0.29, 0.717) is 6.04 Å². The zero-order chi connectivity index (χ0) is 13.9. The molecule has 0 radical (unpaired) electrons. The number of benzene rings is 1. The molecule has 1 atom stereocenters. The maximum atomic E-state index is 5.35. The van der Waals surface area contributed by atoms with Gasteiger partial charge in [-0.3, -0.25) is 0 Å². The fraction of sp³-hybridized carbons (Fsp3) is 0.312. The second-order valence-corrected chi connectivity index (χ2v) is 5.22. The van der Waals surface area contributed by atoms with E-state index in [0.717, 1.165) is 41.1 Å². The number of nitrogens with zero attached hydrogens (tertiary/aromatic N) is 1. The van der Waals surface area contributed by atoms with Crippen LogP contribution in [0.2, 0.25) is 0 Å². The Morgan fingerprint density at radius 2 is 2.25 bits per heavy atom. The van der Waals surface area contributed by atoms with Crippen LogP contribution in [-0.2, 0) is 6.42 Å². The Balaban J connectivity index is 1.63. The van der Waals surface area contributed by atoms with Crippen LogP contribution in [0.3, 0.4) is 0 Å². The van der Waals surface area contributed by atoms with Crippen LogP contribution in [0.1, 0.15) is 24.9 Å². The molecule has 2 heterocycles. The van der Waals surface area contributed by atoms with Gasteiger partial charge >= 0.3 is 0 Å². The van der Waals surface area contributed by atoms with Crippen molar-refractivity contribution < 1.29 is 4.42 Å². The first-order valence-corrected chi connectivity index (χ1v) is 6.96. The summed E-state index contributed by atoms with van der Waals surface area (Å²) in [5.41, 5.74) is 3.20. The molecule has 0 amide bonds. The summed E-state index contributed by atoms with van der Waals surface area (Å²) >= 11 is 0. The van der Waals surface area contributed by atoms with Crippen LogP contribution < -0.4 is 5.32 Å². The van der Waals surface area contributed by atoms with E-state index in [-0.39, 0.29) is 0 Å². The van der Waals surface area contributed by atoms with E-state index in [2.05, 4.69) is 34.3 Å². The van der Waals surface area contributed by atoms with E-state index in [9.17, 15) is 0 Å². The van der Waals surface area contributed by atoms with Crippen molar-refractivity contribution in [3.8, 4) is 0 Å². The second kappa shape index (κ2) is 5.41. The molecule has 1 unspecified atom stereocenters. The summed E-state index contributed by atoms with van der Waals surface area (Å²) in [6, 6.07) is 10.6. The molecular weight excluding hydrogens is 250 g/mol. The van der Waals surface area contributed by atoms with Crippen molar-refractivity contribution in [2.24, 2.45) is 0 Å². The highest BCUT2D eigenvalue weighted by atomic mass is 16.3. The third-order valence-corrected chi connectivity index (χ3v) is 3.42. The van der Waals surface area contributed by atoms with Gasteiger partial charge in [0, 0.05) is 18.2 Å². The van der Waals surface area contributed by atoms with E-state index in [4.69, 9.17) is 4.42 Å². The number of imidazole rings is 1. The molecule has 104 valence electrons. The van der Waals surface area contributed by atoms with Crippen molar-refractivity contribution in [2.75, 3.05) is 5.32 Å². The van der Waals surface area contributed by atoms with Gasteiger partial charge in [0.2, 0.25) is 0 Å². The molecule has 0 aliphatic rings. The summed E-state index contributed by atoms with van der Waals surface area (Å²) in [6.45, 7) is 4.16. The van der Waals surface area contributed by atoms with Gasteiger partial charge in [-0.25, -0.2) is 4.98 Å². The van der Waals surface area contributed by atoms with Gasteiger partial charge < -0.3 is 14.7 Å². The molecule has 20 heavy (non-hydrogen) atoms. The third-order valence-electron chi connectivity index (χ3n) is 3.42. The molecular formula is C16H19N3O. The van der Waals surface area contributed by atoms with Crippen molar-refractivity contribution in [3.05, 3.63) is 48.2 Å². The topological polar surface area (TPSA) is 53.9 Å². The fourth-order valence-electron chi connectivity index (χ4n) is 2.40. The number of fused-ring (bicyclic) bond motifs is 1.